The molecular weight excluding hydrogens is 204 g/mol. The van der Waals surface area contributed by atoms with Crippen molar-refractivity contribution in [1.29, 1.82) is 0 Å². The number of carbonyl (C=O) groups excluding carboxylic acids is 1. The maximum absolute atomic E-state index is 11.8. The summed E-state index contributed by atoms with van der Waals surface area (Å²) in [6, 6.07) is 5.67. The van der Waals surface area contributed by atoms with E-state index in [0.717, 1.165) is 0 Å². The third kappa shape index (κ3) is 2.75. The zero-order chi connectivity index (χ0) is 12.1. The molecule has 0 radical (unpaired) electrons. The van der Waals surface area contributed by atoms with Crippen molar-refractivity contribution in [3.63, 3.8) is 0 Å². The van der Waals surface area contributed by atoms with Crippen molar-refractivity contribution in [3.05, 3.63) is 24.3 Å². The molecule has 1 amide bonds. The van der Waals surface area contributed by atoms with Gasteiger partial charge in [0.2, 0.25) is 5.91 Å². The van der Waals surface area contributed by atoms with Crippen LogP contribution in [0.15, 0.2) is 24.3 Å². The zero-order valence-corrected chi connectivity index (χ0v) is 9.05. The van der Waals surface area contributed by atoms with Crippen LogP contribution in [-0.4, -0.2) is 24.1 Å². The number of hydrogen-bond acceptors (Lipinski definition) is 3. The van der Waals surface area contributed by atoms with Gasteiger partial charge in [0.05, 0.1) is 6.04 Å². The second-order valence-electron chi connectivity index (χ2n) is 3.43. The summed E-state index contributed by atoms with van der Waals surface area (Å²) < 4.78 is 0. The normalized spacial score (nSPS) is 11.6. The van der Waals surface area contributed by atoms with Crippen molar-refractivity contribution in [2.75, 3.05) is 11.9 Å². The molecule has 16 heavy (non-hydrogen) atoms. The van der Waals surface area contributed by atoms with Crippen LogP contribution in [0.5, 0.6) is 5.75 Å². The van der Waals surface area contributed by atoms with E-state index in [1.54, 1.807) is 19.2 Å². The Hall–Kier alpha value is -1.99. The summed E-state index contributed by atoms with van der Waals surface area (Å²) in [6.07, 6.45) is 5.29. The van der Waals surface area contributed by atoms with Crippen LogP contribution in [-0.2, 0) is 4.79 Å². The largest absolute Gasteiger partial charge is 0.508 e. The van der Waals surface area contributed by atoms with Gasteiger partial charge < -0.3 is 15.7 Å². The second kappa shape index (κ2) is 5.19. The van der Waals surface area contributed by atoms with Gasteiger partial charge in [-0.3, -0.25) is 4.79 Å². The number of likely N-dealkylation sites (N-methyl/N-ethyl adjacent to an activating group) is 1. The van der Waals surface area contributed by atoms with Crippen LogP contribution >= 0.6 is 0 Å². The first-order valence-electron chi connectivity index (χ1n) is 4.82. The van der Waals surface area contributed by atoms with Crippen molar-refractivity contribution >= 4 is 11.6 Å². The lowest BCUT2D eigenvalue weighted by atomic mass is 10.2. The van der Waals surface area contributed by atoms with E-state index < -0.39 is 6.04 Å². The van der Waals surface area contributed by atoms with Gasteiger partial charge in [0.15, 0.2) is 0 Å². The molecule has 0 aliphatic carbocycles. The predicted molar refractivity (Wildman–Crippen MR) is 62.9 cm³/mol. The molecule has 0 spiro atoms. The number of anilines is 1. The molecule has 0 heterocycles. The maximum atomic E-state index is 11.8. The first kappa shape index (κ1) is 12.1. The van der Waals surface area contributed by atoms with Crippen LogP contribution in [0.3, 0.4) is 0 Å². The molecule has 0 aromatic heterocycles. The molecule has 0 fully saturated rings. The summed E-state index contributed by atoms with van der Waals surface area (Å²) in [4.78, 5) is 13.1. The van der Waals surface area contributed by atoms with Crippen molar-refractivity contribution in [1.82, 2.24) is 0 Å². The fourth-order valence-corrected chi connectivity index (χ4v) is 1.29. The van der Waals surface area contributed by atoms with Crippen LogP contribution in [0, 0.1) is 12.3 Å². The van der Waals surface area contributed by atoms with Gasteiger partial charge in [-0.25, -0.2) is 0 Å². The Morgan fingerprint density at radius 3 is 2.94 bits per heavy atom. The molecule has 4 nitrogen and oxygen atoms in total. The van der Waals surface area contributed by atoms with Crippen LogP contribution in [0.1, 0.15) is 6.42 Å². The van der Waals surface area contributed by atoms with Gasteiger partial charge in [0.1, 0.15) is 5.75 Å². The highest BCUT2D eigenvalue weighted by atomic mass is 16.3. The van der Waals surface area contributed by atoms with Crippen molar-refractivity contribution in [3.8, 4) is 18.1 Å². The molecule has 1 aromatic rings. The predicted octanol–water partition coefficient (Wildman–Crippen LogP) is 0.706. The van der Waals surface area contributed by atoms with Gasteiger partial charge in [-0.2, -0.15) is 0 Å². The molecule has 0 saturated carbocycles. The minimum Gasteiger partial charge on any atom is -0.508 e. The summed E-state index contributed by atoms with van der Waals surface area (Å²) in [5.74, 6) is 2.17. The monoisotopic (exact) mass is 218 g/mol. The van der Waals surface area contributed by atoms with Crippen molar-refractivity contribution < 1.29 is 9.90 Å². The molecule has 1 atom stereocenters. The maximum Gasteiger partial charge on any atom is 0.244 e. The third-order valence-electron chi connectivity index (χ3n) is 2.20. The van der Waals surface area contributed by atoms with Crippen molar-refractivity contribution in [2.45, 2.75) is 12.5 Å². The first-order chi connectivity index (χ1) is 7.56. The Labute approximate surface area is 94.7 Å². The number of benzene rings is 1. The zero-order valence-electron chi connectivity index (χ0n) is 9.05. The third-order valence-corrected chi connectivity index (χ3v) is 2.20. The summed E-state index contributed by atoms with van der Waals surface area (Å²) in [5, 5.41) is 9.28. The summed E-state index contributed by atoms with van der Waals surface area (Å²) in [6.45, 7) is 0. The fraction of sp³-hybridized carbons (Fsp3) is 0.250. The molecule has 84 valence electrons. The number of nitrogens with two attached hydrogens (primary N) is 1. The number of nitrogens with zero attached hydrogens (tertiary/aromatic N) is 1. The van der Waals surface area contributed by atoms with E-state index in [1.807, 2.05) is 0 Å². The highest BCUT2D eigenvalue weighted by molar-refractivity contribution is 5.96. The van der Waals surface area contributed by atoms with E-state index >= 15 is 0 Å². The number of phenols is 1. The number of hydrogen-bond donors (Lipinski definition) is 2. The summed E-state index contributed by atoms with van der Waals surface area (Å²) >= 11 is 0. The average Bonchev–Trinajstić information content (AvgIpc) is 2.27. The molecular formula is C12H14N2O2. The topological polar surface area (TPSA) is 66.6 Å². The van der Waals surface area contributed by atoms with Gasteiger partial charge in [0.25, 0.3) is 0 Å². The average molecular weight is 218 g/mol. The highest BCUT2D eigenvalue weighted by Gasteiger charge is 2.18. The standard InChI is InChI=1S/C12H14N2O2/c1-3-5-11(13)12(16)14(2)9-6-4-7-10(15)8-9/h1,4,6-8,11,15H,5,13H2,2H3. The van der Waals surface area contributed by atoms with E-state index in [-0.39, 0.29) is 18.1 Å². The highest BCUT2D eigenvalue weighted by Crippen LogP contribution is 2.19. The minimum atomic E-state index is -0.711. The molecule has 0 aliphatic heterocycles. The lowest BCUT2D eigenvalue weighted by molar-refractivity contribution is -0.119. The van der Waals surface area contributed by atoms with Crippen LogP contribution in [0.4, 0.5) is 5.69 Å². The lowest BCUT2D eigenvalue weighted by Gasteiger charge is -2.20. The Kier molecular flexibility index (Phi) is 3.92. The first-order valence-corrected chi connectivity index (χ1v) is 4.82. The van der Waals surface area contributed by atoms with E-state index in [0.29, 0.717) is 5.69 Å². The molecule has 1 aromatic carbocycles. The number of carbonyl (C=O) groups is 1. The molecule has 0 aliphatic rings. The number of phenolic OH excluding ortho intramolecular Hbond substituents is 1. The Morgan fingerprint density at radius 2 is 2.38 bits per heavy atom. The van der Waals surface area contributed by atoms with E-state index in [2.05, 4.69) is 5.92 Å². The van der Waals surface area contributed by atoms with Crippen LogP contribution in [0.2, 0.25) is 0 Å². The number of aromatic hydroxyl groups is 1. The molecule has 1 unspecified atom stereocenters. The Morgan fingerprint density at radius 1 is 1.69 bits per heavy atom. The number of rotatable bonds is 3. The van der Waals surface area contributed by atoms with Gasteiger partial charge in [0, 0.05) is 25.2 Å². The van der Waals surface area contributed by atoms with Gasteiger partial charge in [-0.15, -0.1) is 12.3 Å². The molecule has 0 bridgehead atoms. The van der Waals surface area contributed by atoms with Gasteiger partial charge in [-0.1, -0.05) is 6.07 Å². The summed E-state index contributed by atoms with van der Waals surface area (Å²) in [7, 11) is 1.59. The molecule has 1 rings (SSSR count). The van der Waals surface area contributed by atoms with E-state index in [9.17, 15) is 9.90 Å². The van der Waals surface area contributed by atoms with Crippen molar-refractivity contribution in [2.24, 2.45) is 5.73 Å². The molecule has 0 saturated heterocycles. The minimum absolute atomic E-state index is 0.0997. The molecule has 4 heteroatoms. The smallest absolute Gasteiger partial charge is 0.244 e. The van der Waals surface area contributed by atoms with E-state index in [4.69, 9.17) is 12.2 Å². The van der Waals surface area contributed by atoms with Crippen LogP contribution < -0.4 is 10.6 Å². The number of terminal acetylenes is 1. The van der Waals surface area contributed by atoms with E-state index in [1.165, 1.54) is 17.0 Å². The number of amides is 1. The quantitative estimate of drug-likeness (QED) is 0.734. The second-order valence-corrected chi connectivity index (χ2v) is 3.43. The molecule has 3 N–H and O–H groups in total. The Balaban J connectivity index is 2.82. The fourth-order valence-electron chi connectivity index (χ4n) is 1.29. The van der Waals surface area contributed by atoms with Gasteiger partial charge in [-0.05, 0) is 12.1 Å². The lowest BCUT2D eigenvalue weighted by Crippen LogP contribution is -2.41. The van der Waals surface area contributed by atoms with Gasteiger partial charge >= 0.3 is 0 Å². The summed E-state index contributed by atoms with van der Waals surface area (Å²) in [5.41, 5.74) is 6.19. The SMILES string of the molecule is C#CCC(N)C(=O)N(C)c1cccc(O)c1. The Bertz CT molecular complexity index is 423. The van der Waals surface area contributed by atoms with Crippen LogP contribution in [0.25, 0.3) is 0 Å².